The van der Waals surface area contributed by atoms with E-state index in [1.807, 2.05) is 0 Å². The van der Waals surface area contributed by atoms with Crippen LogP contribution in [0.1, 0.15) is 28.7 Å². The number of rotatable bonds is 3. The molecule has 0 amide bonds. The molecule has 0 saturated heterocycles. The summed E-state index contributed by atoms with van der Waals surface area (Å²) in [4.78, 5) is 10.9. The maximum absolute atomic E-state index is 12.8. The van der Waals surface area contributed by atoms with Gasteiger partial charge in [0.2, 0.25) is 0 Å². The van der Waals surface area contributed by atoms with Gasteiger partial charge in [-0.15, -0.1) is 5.10 Å². The number of carboxylic acid groups (broad SMARTS) is 1. The number of aryl methyl sites for hydroxylation is 1. The van der Waals surface area contributed by atoms with Crippen LogP contribution in [0.15, 0.2) is 18.2 Å². The van der Waals surface area contributed by atoms with E-state index in [1.54, 1.807) is 6.92 Å². The van der Waals surface area contributed by atoms with Crippen molar-refractivity contribution in [3.63, 3.8) is 0 Å². The SMILES string of the molecule is CCc1nnnn1-c1cc(C(=O)O)cc(C(F)(F)F)c1. The molecule has 0 spiro atoms. The molecule has 0 saturated carbocycles. The van der Waals surface area contributed by atoms with Gasteiger partial charge in [0.1, 0.15) is 0 Å². The normalized spacial score (nSPS) is 11.6. The van der Waals surface area contributed by atoms with Crippen molar-refractivity contribution in [3.05, 3.63) is 35.2 Å². The summed E-state index contributed by atoms with van der Waals surface area (Å²) < 4.78 is 39.4. The molecule has 0 bridgehead atoms. The summed E-state index contributed by atoms with van der Waals surface area (Å²) in [6.45, 7) is 1.73. The fourth-order valence-corrected chi connectivity index (χ4v) is 1.65. The fraction of sp³-hybridized carbons (Fsp3) is 0.273. The number of alkyl halides is 3. The van der Waals surface area contributed by atoms with Gasteiger partial charge in [-0.3, -0.25) is 0 Å². The Bertz CT molecular complexity index is 651. The van der Waals surface area contributed by atoms with Gasteiger partial charge in [0.25, 0.3) is 0 Å². The van der Waals surface area contributed by atoms with Crippen LogP contribution >= 0.6 is 0 Å². The van der Waals surface area contributed by atoms with Crippen LogP contribution in [0.2, 0.25) is 0 Å². The Balaban J connectivity index is 2.64. The summed E-state index contributed by atoms with van der Waals surface area (Å²) in [5.41, 5.74) is -1.59. The van der Waals surface area contributed by atoms with E-state index < -0.39 is 23.3 Å². The Morgan fingerprint density at radius 2 is 2.05 bits per heavy atom. The lowest BCUT2D eigenvalue weighted by Gasteiger charge is -2.11. The average Bonchev–Trinajstić information content (AvgIpc) is 2.85. The predicted octanol–water partition coefficient (Wildman–Crippen LogP) is 1.94. The molecule has 2 rings (SSSR count). The summed E-state index contributed by atoms with van der Waals surface area (Å²) >= 11 is 0. The molecule has 0 fully saturated rings. The minimum absolute atomic E-state index is 0.0425. The summed E-state index contributed by atoms with van der Waals surface area (Å²) in [5, 5.41) is 19.5. The molecule has 9 heteroatoms. The molecule has 1 aromatic carbocycles. The van der Waals surface area contributed by atoms with E-state index in [9.17, 15) is 18.0 Å². The van der Waals surface area contributed by atoms with Crippen molar-refractivity contribution in [2.75, 3.05) is 0 Å². The lowest BCUT2D eigenvalue weighted by molar-refractivity contribution is -0.137. The summed E-state index contributed by atoms with van der Waals surface area (Å²) in [7, 11) is 0. The van der Waals surface area contributed by atoms with Crippen LogP contribution < -0.4 is 0 Å². The smallest absolute Gasteiger partial charge is 0.416 e. The zero-order valence-corrected chi connectivity index (χ0v) is 10.2. The third kappa shape index (κ3) is 2.60. The number of carbonyl (C=O) groups is 1. The van der Waals surface area contributed by atoms with E-state index in [2.05, 4.69) is 15.5 Å². The molecule has 0 radical (unpaired) electrons. The van der Waals surface area contributed by atoms with E-state index in [0.717, 1.165) is 16.8 Å². The molecule has 0 atom stereocenters. The number of halogens is 3. The average molecular weight is 286 g/mol. The van der Waals surface area contributed by atoms with E-state index in [1.165, 1.54) is 0 Å². The molecule has 1 heterocycles. The van der Waals surface area contributed by atoms with Crippen LogP contribution in [0.3, 0.4) is 0 Å². The summed E-state index contributed by atoms with van der Waals surface area (Å²) in [5.74, 6) is -1.12. The molecule has 20 heavy (non-hydrogen) atoms. The van der Waals surface area contributed by atoms with Crippen LogP contribution in [-0.2, 0) is 12.6 Å². The number of carboxylic acids is 1. The first-order valence-electron chi connectivity index (χ1n) is 5.56. The van der Waals surface area contributed by atoms with Gasteiger partial charge in [-0.05, 0) is 28.6 Å². The largest absolute Gasteiger partial charge is 0.478 e. The first-order valence-corrected chi connectivity index (χ1v) is 5.56. The number of hydrogen-bond donors (Lipinski definition) is 1. The van der Waals surface area contributed by atoms with Crippen molar-refractivity contribution in [2.24, 2.45) is 0 Å². The Labute approximate surface area is 110 Å². The van der Waals surface area contributed by atoms with E-state index >= 15 is 0 Å². The van der Waals surface area contributed by atoms with Crippen molar-refractivity contribution in [2.45, 2.75) is 19.5 Å². The topological polar surface area (TPSA) is 80.9 Å². The maximum Gasteiger partial charge on any atom is 0.416 e. The highest BCUT2D eigenvalue weighted by molar-refractivity contribution is 5.88. The quantitative estimate of drug-likeness (QED) is 0.932. The van der Waals surface area contributed by atoms with Gasteiger partial charge in [-0.1, -0.05) is 6.92 Å². The Hall–Kier alpha value is -2.45. The lowest BCUT2D eigenvalue weighted by Crippen LogP contribution is -2.11. The highest BCUT2D eigenvalue weighted by atomic mass is 19.4. The standard InChI is InChI=1S/C11H9F3N4O2/c1-2-9-15-16-17-18(9)8-4-6(10(19)20)3-7(5-8)11(12,13)14/h3-5H,2H2,1H3,(H,19,20). The molecule has 2 aromatic rings. The molecule has 0 aliphatic heterocycles. The highest BCUT2D eigenvalue weighted by Crippen LogP contribution is 2.31. The lowest BCUT2D eigenvalue weighted by atomic mass is 10.1. The van der Waals surface area contributed by atoms with Crippen molar-refractivity contribution in [1.82, 2.24) is 20.2 Å². The van der Waals surface area contributed by atoms with Crippen LogP contribution in [0.4, 0.5) is 13.2 Å². The number of hydrogen-bond acceptors (Lipinski definition) is 4. The van der Waals surface area contributed by atoms with Crippen LogP contribution in [0, 0.1) is 0 Å². The van der Waals surface area contributed by atoms with Gasteiger partial charge in [0.05, 0.1) is 16.8 Å². The monoisotopic (exact) mass is 286 g/mol. The molecule has 0 aliphatic carbocycles. The number of tetrazole rings is 1. The van der Waals surface area contributed by atoms with Crippen LogP contribution in [-0.4, -0.2) is 31.3 Å². The van der Waals surface area contributed by atoms with Gasteiger partial charge in [-0.2, -0.15) is 17.9 Å². The zero-order chi connectivity index (χ0) is 14.9. The molecule has 1 aromatic heterocycles. The van der Waals surface area contributed by atoms with E-state index in [-0.39, 0.29) is 5.69 Å². The van der Waals surface area contributed by atoms with Gasteiger partial charge in [-0.25, -0.2) is 4.79 Å². The van der Waals surface area contributed by atoms with Crippen molar-refractivity contribution in [3.8, 4) is 5.69 Å². The second kappa shape index (κ2) is 4.91. The molecular formula is C11H9F3N4O2. The van der Waals surface area contributed by atoms with Gasteiger partial charge in [0.15, 0.2) is 5.82 Å². The number of aromatic nitrogens is 4. The predicted molar refractivity (Wildman–Crippen MR) is 60.5 cm³/mol. The minimum atomic E-state index is -4.65. The van der Waals surface area contributed by atoms with Crippen molar-refractivity contribution in [1.29, 1.82) is 0 Å². The molecule has 106 valence electrons. The Morgan fingerprint density at radius 1 is 1.35 bits per heavy atom. The minimum Gasteiger partial charge on any atom is -0.478 e. The van der Waals surface area contributed by atoms with Crippen LogP contribution in [0.5, 0.6) is 0 Å². The third-order valence-electron chi connectivity index (χ3n) is 2.59. The first-order chi connectivity index (χ1) is 9.32. The van der Waals surface area contributed by atoms with Gasteiger partial charge < -0.3 is 5.11 Å². The number of benzene rings is 1. The second-order valence-electron chi connectivity index (χ2n) is 3.93. The molecule has 0 unspecified atom stereocenters. The second-order valence-corrected chi connectivity index (χ2v) is 3.93. The highest BCUT2D eigenvalue weighted by Gasteiger charge is 2.32. The molecule has 6 nitrogen and oxygen atoms in total. The molecule has 1 N–H and O–H groups in total. The number of nitrogens with zero attached hydrogens (tertiary/aromatic N) is 4. The summed E-state index contributed by atoms with van der Waals surface area (Å²) in [6, 6.07) is 2.47. The van der Waals surface area contributed by atoms with E-state index in [4.69, 9.17) is 5.11 Å². The van der Waals surface area contributed by atoms with Crippen molar-refractivity contribution < 1.29 is 23.1 Å². The third-order valence-corrected chi connectivity index (χ3v) is 2.59. The zero-order valence-electron chi connectivity index (χ0n) is 10.2. The Kier molecular flexibility index (Phi) is 3.43. The first kappa shape index (κ1) is 14.0. The van der Waals surface area contributed by atoms with E-state index in [0.29, 0.717) is 18.3 Å². The van der Waals surface area contributed by atoms with Crippen molar-refractivity contribution >= 4 is 5.97 Å². The Morgan fingerprint density at radius 3 is 2.60 bits per heavy atom. The molecule has 0 aliphatic rings. The number of aromatic carboxylic acids is 1. The van der Waals surface area contributed by atoms with Gasteiger partial charge in [0, 0.05) is 6.42 Å². The fourth-order valence-electron chi connectivity index (χ4n) is 1.65. The van der Waals surface area contributed by atoms with Gasteiger partial charge >= 0.3 is 12.1 Å². The van der Waals surface area contributed by atoms with Crippen LogP contribution in [0.25, 0.3) is 5.69 Å². The maximum atomic E-state index is 12.8. The summed E-state index contributed by atoms with van der Waals surface area (Å²) in [6.07, 6.45) is -4.26. The molecular weight excluding hydrogens is 277 g/mol.